The Bertz CT molecular complexity index is 635. The first-order valence-electron chi connectivity index (χ1n) is 7.39. The summed E-state index contributed by atoms with van der Waals surface area (Å²) in [7, 11) is 0. The molecule has 0 fully saturated rings. The summed E-state index contributed by atoms with van der Waals surface area (Å²) in [5, 5.41) is 4.74. The summed E-state index contributed by atoms with van der Waals surface area (Å²) in [6.07, 6.45) is 0. The van der Waals surface area contributed by atoms with Crippen LogP contribution in [0.5, 0.6) is 0 Å². The molecule has 0 radical (unpaired) electrons. The number of hydrogen-bond donors (Lipinski definition) is 0. The molecule has 2 rings (SSSR count). The largest absolute Gasteiger partial charge is 0.266 e. The van der Waals surface area contributed by atoms with E-state index in [0.29, 0.717) is 6.04 Å². The lowest BCUT2D eigenvalue weighted by Gasteiger charge is -2.16. The Labute approximate surface area is 122 Å². The highest BCUT2D eigenvalue weighted by Gasteiger charge is 2.19. The molecule has 0 saturated heterocycles. The summed E-state index contributed by atoms with van der Waals surface area (Å²) in [6, 6.07) is 2.68. The van der Waals surface area contributed by atoms with Crippen LogP contribution in [0.4, 0.5) is 0 Å². The van der Waals surface area contributed by atoms with E-state index < -0.39 is 0 Å². The van der Waals surface area contributed by atoms with E-state index in [2.05, 4.69) is 66.1 Å². The number of aryl methyl sites for hydroxylation is 3. The second-order valence-electron chi connectivity index (χ2n) is 6.22. The number of nitrogens with zero attached hydrogens (tertiary/aromatic N) is 2. The van der Waals surface area contributed by atoms with Crippen LogP contribution in [0.25, 0.3) is 11.1 Å². The molecular formula is C18H26N2. The summed E-state index contributed by atoms with van der Waals surface area (Å²) < 4.78 is 2.14. The molecule has 0 aliphatic rings. The van der Waals surface area contributed by atoms with Gasteiger partial charge in [-0.05, 0) is 83.2 Å². The highest BCUT2D eigenvalue weighted by Crippen LogP contribution is 2.36. The number of rotatable bonds is 2. The van der Waals surface area contributed by atoms with Crippen molar-refractivity contribution in [3.8, 4) is 11.1 Å². The predicted octanol–water partition coefficient (Wildman–Crippen LogP) is 4.98. The molecule has 2 nitrogen and oxygen atoms in total. The normalized spacial score (nSPS) is 11.4. The molecule has 0 amide bonds. The molecule has 0 atom stereocenters. The number of benzene rings is 1. The van der Waals surface area contributed by atoms with Crippen molar-refractivity contribution >= 4 is 0 Å². The van der Waals surface area contributed by atoms with E-state index >= 15 is 0 Å². The summed E-state index contributed by atoms with van der Waals surface area (Å²) in [6.45, 7) is 17.5. The van der Waals surface area contributed by atoms with E-state index in [1.165, 1.54) is 39.1 Å². The molecule has 0 bridgehead atoms. The van der Waals surface area contributed by atoms with Gasteiger partial charge in [-0.15, -0.1) is 0 Å². The summed E-state index contributed by atoms with van der Waals surface area (Å²) in [5.41, 5.74) is 10.6. The molecule has 0 aliphatic heterocycles. The van der Waals surface area contributed by atoms with Gasteiger partial charge in [0.1, 0.15) is 0 Å². The zero-order chi connectivity index (χ0) is 15.2. The highest BCUT2D eigenvalue weighted by molar-refractivity contribution is 5.76. The van der Waals surface area contributed by atoms with Gasteiger partial charge in [-0.2, -0.15) is 5.10 Å². The first kappa shape index (κ1) is 14.8. The van der Waals surface area contributed by atoms with Crippen molar-refractivity contribution in [2.24, 2.45) is 0 Å². The van der Waals surface area contributed by atoms with Gasteiger partial charge >= 0.3 is 0 Å². The van der Waals surface area contributed by atoms with Gasteiger partial charge in [-0.1, -0.05) is 6.07 Å². The van der Waals surface area contributed by atoms with E-state index in [4.69, 9.17) is 5.10 Å². The minimum absolute atomic E-state index is 0.397. The van der Waals surface area contributed by atoms with Crippen LogP contribution in [-0.2, 0) is 0 Å². The minimum atomic E-state index is 0.397. The smallest absolute Gasteiger partial charge is 0.0675 e. The van der Waals surface area contributed by atoms with Gasteiger partial charge in [0, 0.05) is 17.3 Å². The topological polar surface area (TPSA) is 17.8 Å². The van der Waals surface area contributed by atoms with Crippen LogP contribution < -0.4 is 0 Å². The van der Waals surface area contributed by atoms with Gasteiger partial charge in [0.25, 0.3) is 0 Å². The maximum atomic E-state index is 4.74. The fourth-order valence-corrected chi connectivity index (χ4v) is 3.12. The van der Waals surface area contributed by atoms with Crippen LogP contribution >= 0.6 is 0 Å². The van der Waals surface area contributed by atoms with Gasteiger partial charge < -0.3 is 0 Å². The van der Waals surface area contributed by atoms with Crippen LogP contribution in [0.1, 0.15) is 53.5 Å². The Hall–Kier alpha value is -1.57. The van der Waals surface area contributed by atoms with E-state index in [9.17, 15) is 0 Å². The Morgan fingerprint density at radius 1 is 0.850 bits per heavy atom. The third-order valence-electron chi connectivity index (χ3n) is 4.43. The van der Waals surface area contributed by atoms with E-state index in [1.807, 2.05) is 0 Å². The maximum absolute atomic E-state index is 4.74. The molecule has 108 valence electrons. The molecule has 2 aromatic rings. The Kier molecular flexibility index (Phi) is 3.77. The second kappa shape index (κ2) is 5.08. The Balaban J connectivity index is 2.82. The first-order valence-corrected chi connectivity index (χ1v) is 7.39. The fraction of sp³-hybridized carbons (Fsp3) is 0.500. The molecule has 1 aromatic carbocycles. The highest BCUT2D eigenvalue weighted by atomic mass is 15.3. The molecule has 0 unspecified atom stereocenters. The van der Waals surface area contributed by atoms with Gasteiger partial charge in [-0.25, -0.2) is 0 Å². The summed E-state index contributed by atoms with van der Waals surface area (Å²) in [4.78, 5) is 0. The molecule has 0 saturated carbocycles. The summed E-state index contributed by atoms with van der Waals surface area (Å²) >= 11 is 0. The molecule has 1 heterocycles. The van der Waals surface area contributed by atoms with Crippen molar-refractivity contribution in [3.63, 3.8) is 0 Å². The molecule has 1 aromatic heterocycles. The lowest BCUT2D eigenvalue weighted by molar-refractivity contribution is 0.516. The van der Waals surface area contributed by atoms with Crippen LogP contribution in [0, 0.1) is 41.5 Å². The lowest BCUT2D eigenvalue weighted by Crippen LogP contribution is -2.05. The Morgan fingerprint density at radius 2 is 1.35 bits per heavy atom. The van der Waals surface area contributed by atoms with Gasteiger partial charge in [0.2, 0.25) is 0 Å². The first-order chi connectivity index (χ1) is 9.25. The van der Waals surface area contributed by atoms with Crippen LogP contribution in [-0.4, -0.2) is 9.78 Å². The van der Waals surface area contributed by atoms with Crippen molar-refractivity contribution in [2.75, 3.05) is 0 Å². The van der Waals surface area contributed by atoms with Crippen LogP contribution in [0.15, 0.2) is 6.07 Å². The van der Waals surface area contributed by atoms with Crippen molar-refractivity contribution in [1.82, 2.24) is 9.78 Å². The third-order valence-corrected chi connectivity index (χ3v) is 4.43. The van der Waals surface area contributed by atoms with Crippen molar-refractivity contribution in [3.05, 3.63) is 39.7 Å². The monoisotopic (exact) mass is 270 g/mol. The van der Waals surface area contributed by atoms with Gasteiger partial charge in [0.15, 0.2) is 0 Å². The van der Waals surface area contributed by atoms with Crippen molar-refractivity contribution in [2.45, 2.75) is 61.4 Å². The SMILES string of the molecule is Cc1cc(C)c(C)c(-c2c(C)nn(C(C)C)c2C)c1C. The van der Waals surface area contributed by atoms with E-state index in [1.54, 1.807) is 0 Å². The van der Waals surface area contributed by atoms with Crippen LogP contribution in [0.3, 0.4) is 0 Å². The maximum Gasteiger partial charge on any atom is 0.0675 e. The standard InChI is InChI=1S/C18H26N2/c1-10(2)20-16(8)18(15(7)19-20)17-13(5)11(3)9-12(4)14(17)6/h9-10H,1-8H3. The average Bonchev–Trinajstić information content (AvgIpc) is 2.65. The van der Waals surface area contributed by atoms with Crippen molar-refractivity contribution in [1.29, 1.82) is 0 Å². The minimum Gasteiger partial charge on any atom is -0.266 e. The van der Waals surface area contributed by atoms with Gasteiger partial charge in [0.05, 0.1) is 5.69 Å². The van der Waals surface area contributed by atoms with Crippen molar-refractivity contribution < 1.29 is 0 Å². The number of aromatic nitrogens is 2. The molecule has 20 heavy (non-hydrogen) atoms. The molecule has 0 spiro atoms. The number of hydrogen-bond acceptors (Lipinski definition) is 1. The van der Waals surface area contributed by atoms with E-state index in [-0.39, 0.29) is 0 Å². The zero-order valence-electron chi connectivity index (χ0n) is 14.0. The molecular weight excluding hydrogens is 244 g/mol. The third kappa shape index (κ3) is 2.17. The second-order valence-corrected chi connectivity index (χ2v) is 6.22. The zero-order valence-corrected chi connectivity index (χ0v) is 14.0. The predicted molar refractivity (Wildman–Crippen MR) is 86.5 cm³/mol. The summed E-state index contributed by atoms with van der Waals surface area (Å²) in [5.74, 6) is 0. The quantitative estimate of drug-likeness (QED) is 0.752. The average molecular weight is 270 g/mol. The fourth-order valence-electron chi connectivity index (χ4n) is 3.12. The molecule has 0 aliphatic carbocycles. The van der Waals surface area contributed by atoms with Gasteiger partial charge in [-0.3, -0.25) is 4.68 Å². The Morgan fingerprint density at radius 3 is 1.75 bits per heavy atom. The van der Waals surface area contributed by atoms with Crippen LogP contribution in [0.2, 0.25) is 0 Å². The molecule has 0 N–H and O–H groups in total. The lowest BCUT2D eigenvalue weighted by atomic mass is 9.89. The molecule has 2 heteroatoms. The van der Waals surface area contributed by atoms with E-state index in [0.717, 1.165) is 5.69 Å².